The lowest BCUT2D eigenvalue weighted by atomic mass is 9.97. The molecule has 0 atom stereocenters. The van der Waals surface area contributed by atoms with E-state index in [1.165, 1.54) is 0 Å². The van der Waals surface area contributed by atoms with Gasteiger partial charge < -0.3 is 0 Å². The molecule has 0 heterocycles. The van der Waals surface area contributed by atoms with E-state index in [2.05, 4.69) is 15.9 Å². The van der Waals surface area contributed by atoms with Crippen molar-refractivity contribution in [1.82, 2.24) is 0 Å². The van der Waals surface area contributed by atoms with E-state index in [0.717, 1.165) is 10.0 Å². The van der Waals surface area contributed by atoms with Crippen molar-refractivity contribution in [2.45, 2.75) is 33.1 Å². The molecule has 0 saturated carbocycles. The third-order valence-corrected chi connectivity index (χ3v) is 3.20. The second-order valence-electron chi connectivity index (χ2n) is 4.04. The standard InChI is InChI=1S/C14H15BrO3.CO2/c1-3-9-7-10(15)5-6-11(9)13(17)8-14(18)12(16)4-2;2-1-3/h5-7H,3-4,8H2,1-2H3;. The Morgan fingerprint density at radius 3 is 2.14 bits per heavy atom. The van der Waals surface area contributed by atoms with Gasteiger partial charge in [-0.3, -0.25) is 14.4 Å². The van der Waals surface area contributed by atoms with E-state index in [1.807, 2.05) is 13.0 Å². The predicted molar refractivity (Wildman–Crippen MR) is 77.8 cm³/mol. The van der Waals surface area contributed by atoms with Crippen LogP contribution in [0.15, 0.2) is 22.7 Å². The fourth-order valence-corrected chi connectivity index (χ4v) is 2.07. The molecule has 1 rings (SSSR count). The van der Waals surface area contributed by atoms with Gasteiger partial charge in [-0.1, -0.05) is 35.8 Å². The Kier molecular flexibility index (Phi) is 9.01. The van der Waals surface area contributed by atoms with Crippen LogP contribution >= 0.6 is 15.9 Å². The van der Waals surface area contributed by atoms with Crippen LogP contribution in [0, 0.1) is 0 Å². The maximum atomic E-state index is 12.0. The van der Waals surface area contributed by atoms with E-state index in [4.69, 9.17) is 9.59 Å². The quantitative estimate of drug-likeness (QED) is 0.445. The van der Waals surface area contributed by atoms with Crippen LogP contribution in [0.2, 0.25) is 0 Å². The van der Waals surface area contributed by atoms with Crippen LogP contribution in [-0.2, 0) is 25.6 Å². The number of hydrogen-bond acceptors (Lipinski definition) is 5. The zero-order chi connectivity index (χ0) is 16.4. The zero-order valence-corrected chi connectivity index (χ0v) is 13.4. The van der Waals surface area contributed by atoms with Gasteiger partial charge in [0, 0.05) is 16.5 Å². The van der Waals surface area contributed by atoms with E-state index in [0.29, 0.717) is 12.0 Å². The van der Waals surface area contributed by atoms with Crippen molar-refractivity contribution in [1.29, 1.82) is 0 Å². The van der Waals surface area contributed by atoms with Crippen molar-refractivity contribution in [3.05, 3.63) is 33.8 Å². The summed E-state index contributed by atoms with van der Waals surface area (Å²) >= 11 is 3.34. The first-order valence-corrected chi connectivity index (χ1v) is 7.07. The molecule has 1 aromatic rings. The van der Waals surface area contributed by atoms with Gasteiger partial charge in [-0.15, -0.1) is 0 Å². The molecule has 0 N–H and O–H groups in total. The molecule has 0 aliphatic heterocycles. The number of aryl methyl sites for hydroxylation is 1. The van der Waals surface area contributed by atoms with Crippen LogP contribution in [0.5, 0.6) is 0 Å². The maximum Gasteiger partial charge on any atom is 0.373 e. The number of benzene rings is 1. The fraction of sp³-hybridized carbons (Fsp3) is 0.333. The summed E-state index contributed by atoms with van der Waals surface area (Å²) in [5, 5.41) is 0. The number of hydrogen-bond donors (Lipinski definition) is 0. The number of halogens is 1. The Bertz CT molecular complexity index is 571. The molecule has 5 nitrogen and oxygen atoms in total. The minimum Gasteiger partial charge on any atom is -0.294 e. The summed E-state index contributed by atoms with van der Waals surface area (Å²) in [4.78, 5) is 50.9. The molecule has 21 heavy (non-hydrogen) atoms. The Morgan fingerprint density at radius 1 is 1.10 bits per heavy atom. The fourth-order valence-electron chi connectivity index (χ4n) is 1.66. The second-order valence-corrected chi connectivity index (χ2v) is 4.95. The molecule has 6 heteroatoms. The largest absolute Gasteiger partial charge is 0.373 e. The van der Waals surface area contributed by atoms with Gasteiger partial charge in [0.05, 0.1) is 6.42 Å². The minimum atomic E-state index is -0.604. The van der Waals surface area contributed by atoms with Gasteiger partial charge in [0.25, 0.3) is 0 Å². The van der Waals surface area contributed by atoms with Crippen molar-refractivity contribution < 1.29 is 24.0 Å². The van der Waals surface area contributed by atoms with Crippen molar-refractivity contribution >= 4 is 39.4 Å². The van der Waals surface area contributed by atoms with Crippen molar-refractivity contribution in [2.75, 3.05) is 0 Å². The van der Waals surface area contributed by atoms with Crippen molar-refractivity contribution in [3.8, 4) is 0 Å². The normalized spacial score (nSPS) is 9.10. The smallest absolute Gasteiger partial charge is 0.294 e. The summed E-state index contributed by atoms with van der Waals surface area (Å²) in [6.45, 7) is 3.55. The molecular weight excluding hydrogens is 340 g/mol. The van der Waals surface area contributed by atoms with Crippen LogP contribution in [-0.4, -0.2) is 23.5 Å². The third-order valence-electron chi connectivity index (χ3n) is 2.70. The summed E-state index contributed by atoms with van der Waals surface area (Å²) in [5.74, 6) is -1.38. The number of ketones is 3. The summed E-state index contributed by atoms with van der Waals surface area (Å²) in [6.07, 6.45) is 0.769. The van der Waals surface area contributed by atoms with Crippen LogP contribution < -0.4 is 0 Å². The predicted octanol–water partition coefficient (Wildman–Crippen LogP) is 2.55. The average molecular weight is 355 g/mol. The summed E-state index contributed by atoms with van der Waals surface area (Å²) in [5.41, 5.74) is 1.41. The zero-order valence-electron chi connectivity index (χ0n) is 11.8. The van der Waals surface area contributed by atoms with Gasteiger partial charge >= 0.3 is 6.15 Å². The molecule has 0 spiro atoms. The van der Waals surface area contributed by atoms with Crippen LogP contribution in [0.1, 0.15) is 42.6 Å². The van der Waals surface area contributed by atoms with Crippen LogP contribution in [0.25, 0.3) is 0 Å². The van der Waals surface area contributed by atoms with Gasteiger partial charge in [-0.25, -0.2) is 0 Å². The SMILES string of the molecule is CCC(=O)C(=O)CC(=O)c1ccc(Br)cc1CC.O=C=O. The lowest BCUT2D eigenvalue weighted by Gasteiger charge is -2.06. The lowest BCUT2D eigenvalue weighted by molar-refractivity contribution is -0.191. The first-order valence-electron chi connectivity index (χ1n) is 6.28. The molecule has 0 fully saturated rings. The molecule has 0 amide bonds. The molecule has 112 valence electrons. The Hall–Kier alpha value is -1.91. The highest BCUT2D eigenvalue weighted by atomic mass is 79.9. The van der Waals surface area contributed by atoms with Crippen LogP contribution in [0.3, 0.4) is 0 Å². The van der Waals surface area contributed by atoms with Crippen LogP contribution in [0.4, 0.5) is 0 Å². The summed E-state index contributed by atoms with van der Waals surface area (Å²) < 4.78 is 0.895. The molecule has 0 radical (unpaired) electrons. The highest BCUT2D eigenvalue weighted by Gasteiger charge is 2.19. The third kappa shape index (κ3) is 6.38. The number of rotatable bonds is 6. The van der Waals surface area contributed by atoms with Gasteiger partial charge in [0.1, 0.15) is 0 Å². The Morgan fingerprint density at radius 2 is 1.67 bits per heavy atom. The number of carbonyl (C=O) groups excluding carboxylic acids is 5. The summed E-state index contributed by atoms with van der Waals surface area (Å²) in [7, 11) is 0. The molecule has 0 bridgehead atoms. The topological polar surface area (TPSA) is 85.3 Å². The molecule has 0 aliphatic carbocycles. The minimum absolute atomic E-state index is 0.146. The molecule has 0 aliphatic rings. The second kappa shape index (κ2) is 9.91. The molecule has 0 saturated heterocycles. The van der Waals surface area contributed by atoms with E-state index >= 15 is 0 Å². The van der Waals surface area contributed by atoms with Gasteiger partial charge in [-0.2, -0.15) is 9.59 Å². The van der Waals surface area contributed by atoms with E-state index in [9.17, 15) is 14.4 Å². The molecular formula is C15H15BrO5. The number of carbonyl (C=O) groups is 3. The van der Waals surface area contributed by atoms with E-state index in [-0.39, 0.29) is 24.8 Å². The summed E-state index contributed by atoms with van der Waals surface area (Å²) in [6, 6.07) is 5.31. The Labute approximate surface area is 130 Å². The first-order chi connectivity index (χ1) is 9.90. The molecule has 0 unspecified atom stereocenters. The molecule has 0 aromatic heterocycles. The van der Waals surface area contributed by atoms with E-state index in [1.54, 1.807) is 19.1 Å². The monoisotopic (exact) mass is 354 g/mol. The van der Waals surface area contributed by atoms with Crippen molar-refractivity contribution in [3.63, 3.8) is 0 Å². The van der Waals surface area contributed by atoms with Gasteiger partial charge in [0.2, 0.25) is 5.78 Å². The Balaban J connectivity index is 0.00000122. The van der Waals surface area contributed by atoms with Gasteiger partial charge in [0.15, 0.2) is 11.6 Å². The van der Waals surface area contributed by atoms with Gasteiger partial charge in [-0.05, 0) is 24.1 Å². The average Bonchev–Trinajstić information content (AvgIpc) is 2.46. The number of Topliss-reactive ketones (excluding diaryl/α,β-unsaturated/α-hetero) is 3. The highest BCUT2D eigenvalue weighted by molar-refractivity contribution is 9.10. The van der Waals surface area contributed by atoms with E-state index < -0.39 is 11.6 Å². The van der Waals surface area contributed by atoms with Crippen molar-refractivity contribution in [2.24, 2.45) is 0 Å². The highest BCUT2D eigenvalue weighted by Crippen LogP contribution is 2.19. The lowest BCUT2D eigenvalue weighted by Crippen LogP contribution is -2.17. The first kappa shape index (κ1) is 19.1. The molecule has 1 aromatic carbocycles. The maximum absolute atomic E-state index is 12.0.